The van der Waals surface area contributed by atoms with Crippen LogP contribution in [0.25, 0.3) is 0 Å². The van der Waals surface area contributed by atoms with Crippen molar-refractivity contribution in [1.29, 1.82) is 0 Å². The highest BCUT2D eigenvalue weighted by molar-refractivity contribution is 5.85. The minimum Gasteiger partial charge on any atom is -0.481 e. The highest BCUT2D eigenvalue weighted by Gasteiger charge is 2.18. The Morgan fingerprint density at radius 2 is 1.52 bits per heavy atom. The molecule has 0 bridgehead atoms. The summed E-state index contributed by atoms with van der Waals surface area (Å²) in [5, 5.41) is 21.1. The van der Waals surface area contributed by atoms with Crippen molar-refractivity contribution in [3.8, 4) is 0 Å². The van der Waals surface area contributed by atoms with Gasteiger partial charge in [0.2, 0.25) is 0 Å². The Morgan fingerprint density at radius 3 is 1.88 bits per heavy atom. The number of aliphatic carboxylic acids is 2. The predicted octanol–water partition coefficient (Wildman–Crippen LogP) is 1.96. The van der Waals surface area contributed by atoms with Gasteiger partial charge >= 0.3 is 17.9 Å². The van der Waals surface area contributed by atoms with E-state index in [-0.39, 0.29) is 31.3 Å². The van der Waals surface area contributed by atoms with Crippen LogP contribution in [0.2, 0.25) is 0 Å². The topological polar surface area (TPSA) is 113 Å². The van der Waals surface area contributed by atoms with Crippen molar-refractivity contribution >= 4 is 30.3 Å². The van der Waals surface area contributed by atoms with Crippen LogP contribution < -0.4 is 5.32 Å². The highest BCUT2D eigenvalue weighted by atomic mass is 35.5. The number of carbonyl (C=O) groups excluding carboxylic acids is 1. The molecule has 0 fully saturated rings. The van der Waals surface area contributed by atoms with E-state index >= 15 is 0 Å². The Kier molecular flexibility index (Phi) is 9.78. The molecule has 25 heavy (non-hydrogen) atoms. The summed E-state index contributed by atoms with van der Waals surface area (Å²) in [6.07, 6.45) is -1.08. The van der Waals surface area contributed by atoms with E-state index < -0.39 is 24.0 Å². The number of hydrogen-bond acceptors (Lipinski definition) is 5. The molecule has 1 aromatic rings. The van der Waals surface area contributed by atoms with Gasteiger partial charge in [0.1, 0.15) is 6.10 Å². The minimum absolute atomic E-state index is 0. The number of nitrogens with one attached hydrogen (secondary N) is 1. The molecule has 1 aromatic carbocycles. The van der Waals surface area contributed by atoms with Gasteiger partial charge in [-0.1, -0.05) is 32.0 Å². The number of carboxylic acid groups (broad SMARTS) is 2. The fraction of sp³-hybridized carbons (Fsp3) is 0.471. The van der Waals surface area contributed by atoms with Gasteiger partial charge in [-0.05, 0) is 16.7 Å². The fourth-order valence-electron chi connectivity index (χ4n) is 2.30. The zero-order valence-corrected chi connectivity index (χ0v) is 15.3. The molecule has 8 heteroatoms. The lowest BCUT2D eigenvalue weighted by molar-refractivity contribution is -0.146. The number of esters is 1. The van der Waals surface area contributed by atoms with Crippen LogP contribution in [0.1, 0.15) is 43.6 Å². The Labute approximate surface area is 152 Å². The maximum atomic E-state index is 11.4. The van der Waals surface area contributed by atoms with Gasteiger partial charge in [0.15, 0.2) is 0 Å². The summed E-state index contributed by atoms with van der Waals surface area (Å²) in [5.74, 6) is -2.50. The second-order valence-corrected chi connectivity index (χ2v) is 5.88. The molecule has 0 aliphatic carbocycles. The van der Waals surface area contributed by atoms with Crippen molar-refractivity contribution < 1.29 is 29.3 Å². The second-order valence-electron chi connectivity index (χ2n) is 5.88. The van der Waals surface area contributed by atoms with Gasteiger partial charge in [-0.3, -0.25) is 14.4 Å². The molecule has 1 unspecified atom stereocenters. The largest absolute Gasteiger partial charge is 0.481 e. The lowest BCUT2D eigenvalue weighted by atomic mass is 9.98. The normalized spacial score (nSPS) is 11.5. The van der Waals surface area contributed by atoms with Gasteiger partial charge in [-0.15, -0.1) is 12.4 Å². The summed E-state index contributed by atoms with van der Waals surface area (Å²) < 4.78 is 5.31. The van der Waals surface area contributed by atoms with Crippen LogP contribution in [0.15, 0.2) is 18.2 Å². The van der Waals surface area contributed by atoms with Crippen molar-refractivity contribution in [2.75, 3.05) is 6.54 Å². The first-order valence-electron chi connectivity index (χ1n) is 7.64. The molecule has 0 saturated heterocycles. The van der Waals surface area contributed by atoms with E-state index in [0.29, 0.717) is 23.2 Å². The number of benzene rings is 1. The Hall–Kier alpha value is -2.12. The quantitative estimate of drug-likeness (QED) is 0.567. The summed E-state index contributed by atoms with van der Waals surface area (Å²) in [5.41, 5.74) is 1.52. The number of halogens is 1. The average Bonchev–Trinajstić information content (AvgIpc) is 2.40. The van der Waals surface area contributed by atoms with Crippen LogP contribution in [0.3, 0.4) is 0 Å². The molecule has 1 atom stereocenters. The van der Waals surface area contributed by atoms with Gasteiger partial charge in [0.05, 0.1) is 12.8 Å². The van der Waals surface area contributed by atoms with Crippen LogP contribution in [-0.4, -0.2) is 40.7 Å². The molecule has 0 aliphatic heterocycles. The smallest absolute Gasteiger partial charge is 0.307 e. The first-order chi connectivity index (χ1) is 11.2. The zero-order valence-electron chi connectivity index (χ0n) is 14.4. The third kappa shape index (κ3) is 9.07. The van der Waals surface area contributed by atoms with Crippen LogP contribution in [0.5, 0.6) is 0 Å². The van der Waals surface area contributed by atoms with Crippen molar-refractivity contribution in [1.82, 2.24) is 5.32 Å². The third-order valence-corrected chi connectivity index (χ3v) is 3.18. The number of hydrogen-bond donors (Lipinski definition) is 3. The highest BCUT2D eigenvalue weighted by Crippen LogP contribution is 2.22. The SMILES string of the molecule is CC(=O)OC(CNC(C)C)c1cc(CC(=O)O)cc(CC(=O)O)c1.Cl. The molecular formula is C17H24ClNO6. The first-order valence-corrected chi connectivity index (χ1v) is 7.64. The van der Waals surface area contributed by atoms with E-state index in [2.05, 4.69) is 5.32 Å². The number of ether oxygens (including phenoxy) is 1. The van der Waals surface area contributed by atoms with Crippen molar-refractivity contribution in [3.63, 3.8) is 0 Å². The number of carboxylic acids is 2. The van der Waals surface area contributed by atoms with Gasteiger partial charge in [0, 0.05) is 19.5 Å². The summed E-state index contributed by atoms with van der Waals surface area (Å²) in [6, 6.07) is 4.99. The maximum Gasteiger partial charge on any atom is 0.307 e. The van der Waals surface area contributed by atoms with Crippen LogP contribution in [0.4, 0.5) is 0 Å². The van der Waals surface area contributed by atoms with E-state index in [0.717, 1.165) is 0 Å². The fourth-order valence-corrected chi connectivity index (χ4v) is 2.30. The van der Waals surface area contributed by atoms with E-state index in [9.17, 15) is 14.4 Å². The standard InChI is InChI=1S/C17H23NO6.ClH/c1-10(2)18-9-15(24-11(3)19)14-5-12(7-16(20)21)4-13(6-14)8-17(22)23;/h4-6,10,15,18H,7-9H2,1-3H3,(H,20,21)(H,22,23);1H. The van der Waals surface area contributed by atoms with Gasteiger partial charge in [-0.2, -0.15) is 0 Å². The van der Waals surface area contributed by atoms with Gasteiger partial charge in [-0.25, -0.2) is 0 Å². The summed E-state index contributed by atoms with van der Waals surface area (Å²) in [4.78, 5) is 33.3. The van der Waals surface area contributed by atoms with Gasteiger partial charge < -0.3 is 20.3 Å². The molecule has 1 rings (SSSR count). The molecule has 3 N–H and O–H groups in total. The number of carbonyl (C=O) groups is 3. The monoisotopic (exact) mass is 373 g/mol. The number of rotatable bonds is 9. The van der Waals surface area contributed by atoms with Crippen molar-refractivity contribution in [2.45, 2.75) is 45.8 Å². The summed E-state index contributed by atoms with van der Waals surface area (Å²) in [6.45, 7) is 5.53. The molecule has 0 aromatic heterocycles. The summed E-state index contributed by atoms with van der Waals surface area (Å²) >= 11 is 0. The van der Waals surface area contributed by atoms with Crippen LogP contribution >= 0.6 is 12.4 Å². The first kappa shape index (κ1) is 22.9. The summed E-state index contributed by atoms with van der Waals surface area (Å²) in [7, 11) is 0. The maximum absolute atomic E-state index is 11.4. The molecule has 0 radical (unpaired) electrons. The molecule has 0 saturated carbocycles. The van der Waals surface area contributed by atoms with E-state index in [1.807, 2.05) is 13.8 Å². The average molecular weight is 374 g/mol. The van der Waals surface area contributed by atoms with Gasteiger partial charge in [0.25, 0.3) is 0 Å². The molecule has 7 nitrogen and oxygen atoms in total. The van der Waals surface area contributed by atoms with Crippen molar-refractivity contribution in [3.05, 3.63) is 34.9 Å². The second kappa shape index (κ2) is 10.7. The van der Waals surface area contributed by atoms with Crippen molar-refractivity contribution in [2.24, 2.45) is 0 Å². The van der Waals surface area contributed by atoms with Crippen LogP contribution in [-0.2, 0) is 32.0 Å². The molecule has 0 heterocycles. The Bertz CT molecular complexity index is 583. The molecular weight excluding hydrogens is 350 g/mol. The molecule has 0 amide bonds. The molecule has 0 aliphatic rings. The Balaban J connectivity index is 0.00000576. The lowest BCUT2D eigenvalue weighted by Gasteiger charge is -2.21. The zero-order chi connectivity index (χ0) is 18.3. The van der Waals surface area contributed by atoms with Crippen LogP contribution in [0, 0.1) is 0 Å². The lowest BCUT2D eigenvalue weighted by Crippen LogP contribution is -2.30. The molecule has 0 spiro atoms. The Morgan fingerprint density at radius 1 is 1.04 bits per heavy atom. The molecule has 140 valence electrons. The third-order valence-electron chi connectivity index (χ3n) is 3.18. The minimum atomic E-state index is -1.02. The van der Waals surface area contributed by atoms with E-state index in [1.165, 1.54) is 6.92 Å². The van der Waals surface area contributed by atoms with E-state index in [4.69, 9.17) is 14.9 Å². The predicted molar refractivity (Wildman–Crippen MR) is 94.0 cm³/mol. The van der Waals surface area contributed by atoms with E-state index in [1.54, 1.807) is 18.2 Å².